The molecule has 4 nitrogen and oxygen atoms in total. The van der Waals surface area contributed by atoms with Crippen molar-refractivity contribution in [3.63, 3.8) is 0 Å². The summed E-state index contributed by atoms with van der Waals surface area (Å²) in [6.07, 6.45) is 1.86. The second-order valence-electron chi connectivity index (χ2n) is 4.73. The van der Waals surface area contributed by atoms with Gasteiger partial charge in [-0.3, -0.25) is 4.79 Å². The Hall–Kier alpha value is -1.07. The minimum atomic E-state index is -0.0480. The van der Waals surface area contributed by atoms with Crippen molar-refractivity contribution in [3.05, 3.63) is 16.0 Å². The van der Waals surface area contributed by atoms with Gasteiger partial charge in [0.25, 0.3) is 5.91 Å². The van der Waals surface area contributed by atoms with E-state index in [4.69, 9.17) is 10.5 Å². The molecule has 2 rings (SSSR count). The van der Waals surface area contributed by atoms with E-state index in [9.17, 15) is 4.79 Å². The van der Waals surface area contributed by atoms with Crippen molar-refractivity contribution in [1.82, 2.24) is 5.32 Å². The minimum Gasteiger partial charge on any atom is -0.390 e. The first kappa shape index (κ1) is 13.4. The lowest BCUT2D eigenvalue weighted by Crippen LogP contribution is -2.28. The summed E-state index contributed by atoms with van der Waals surface area (Å²) in [4.78, 5) is 13.2. The third kappa shape index (κ3) is 2.37. The quantitative estimate of drug-likeness (QED) is 0.885. The van der Waals surface area contributed by atoms with E-state index >= 15 is 0 Å². The standard InChI is InChI=1S/C13H20N2O2S/c1-4-5-15-13(16)10-9-6-7(2)17-8(3)11(9)18-12(10)14/h7-8H,4-6,14H2,1-3H3,(H,15,16). The van der Waals surface area contributed by atoms with Crippen LogP contribution in [0.3, 0.4) is 0 Å². The Morgan fingerprint density at radius 1 is 1.56 bits per heavy atom. The van der Waals surface area contributed by atoms with Gasteiger partial charge in [-0.05, 0) is 25.8 Å². The van der Waals surface area contributed by atoms with Crippen LogP contribution >= 0.6 is 11.3 Å². The molecule has 1 amide bonds. The van der Waals surface area contributed by atoms with E-state index in [1.807, 2.05) is 20.8 Å². The van der Waals surface area contributed by atoms with Crippen LogP contribution < -0.4 is 11.1 Å². The lowest BCUT2D eigenvalue weighted by atomic mass is 9.98. The van der Waals surface area contributed by atoms with Crippen LogP contribution in [-0.2, 0) is 11.2 Å². The largest absolute Gasteiger partial charge is 0.390 e. The average molecular weight is 268 g/mol. The Labute approximate surface area is 112 Å². The fraction of sp³-hybridized carbons (Fsp3) is 0.615. The van der Waals surface area contributed by atoms with Gasteiger partial charge in [-0.15, -0.1) is 11.3 Å². The smallest absolute Gasteiger partial charge is 0.254 e. The first-order valence-electron chi connectivity index (χ1n) is 6.39. The number of thiophene rings is 1. The molecule has 0 bridgehead atoms. The highest BCUT2D eigenvalue weighted by Crippen LogP contribution is 2.41. The molecular weight excluding hydrogens is 248 g/mol. The Bertz CT molecular complexity index is 456. The number of carbonyl (C=O) groups is 1. The predicted molar refractivity (Wildman–Crippen MR) is 74.0 cm³/mol. The van der Waals surface area contributed by atoms with Gasteiger partial charge in [0.05, 0.1) is 22.8 Å². The number of carbonyl (C=O) groups excluding carboxylic acids is 1. The van der Waals surface area contributed by atoms with Crippen LogP contribution in [0.1, 0.15) is 54.1 Å². The van der Waals surface area contributed by atoms with E-state index < -0.39 is 0 Å². The Kier molecular flexibility index (Phi) is 3.92. The number of fused-ring (bicyclic) bond motifs is 1. The highest BCUT2D eigenvalue weighted by molar-refractivity contribution is 7.16. The number of amides is 1. The number of nitrogens with one attached hydrogen (secondary N) is 1. The molecule has 2 unspecified atom stereocenters. The van der Waals surface area contributed by atoms with Gasteiger partial charge in [-0.1, -0.05) is 6.92 Å². The molecule has 0 saturated heterocycles. The van der Waals surface area contributed by atoms with Crippen molar-refractivity contribution in [2.24, 2.45) is 0 Å². The highest BCUT2D eigenvalue weighted by atomic mass is 32.1. The molecule has 18 heavy (non-hydrogen) atoms. The van der Waals surface area contributed by atoms with Gasteiger partial charge in [-0.25, -0.2) is 0 Å². The predicted octanol–water partition coefficient (Wildman–Crippen LogP) is 2.49. The third-order valence-corrected chi connectivity index (χ3v) is 4.35. The fourth-order valence-corrected chi connectivity index (χ4v) is 3.44. The summed E-state index contributed by atoms with van der Waals surface area (Å²) in [6, 6.07) is 0. The van der Waals surface area contributed by atoms with Crippen LogP contribution in [0, 0.1) is 0 Å². The fourth-order valence-electron chi connectivity index (χ4n) is 2.36. The van der Waals surface area contributed by atoms with Crippen LogP contribution in [0.25, 0.3) is 0 Å². The van der Waals surface area contributed by atoms with Crippen molar-refractivity contribution >= 4 is 22.2 Å². The molecule has 100 valence electrons. The molecule has 1 aromatic heterocycles. The van der Waals surface area contributed by atoms with Crippen LogP contribution in [0.5, 0.6) is 0 Å². The van der Waals surface area contributed by atoms with Crippen molar-refractivity contribution in [1.29, 1.82) is 0 Å². The maximum atomic E-state index is 12.1. The van der Waals surface area contributed by atoms with Gasteiger partial charge in [0, 0.05) is 17.8 Å². The molecule has 1 aromatic rings. The van der Waals surface area contributed by atoms with E-state index in [2.05, 4.69) is 5.32 Å². The summed E-state index contributed by atoms with van der Waals surface area (Å²) in [5, 5.41) is 3.51. The van der Waals surface area contributed by atoms with E-state index in [1.54, 1.807) is 0 Å². The number of rotatable bonds is 3. The first-order valence-corrected chi connectivity index (χ1v) is 7.20. The lowest BCUT2D eigenvalue weighted by molar-refractivity contribution is -0.00228. The molecule has 0 aliphatic carbocycles. The van der Waals surface area contributed by atoms with Crippen molar-refractivity contribution in [2.45, 2.75) is 45.8 Å². The maximum absolute atomic E-state index is 12.1. The van der Waals surface area contributed by atoms with Crippen molar-refractivity contribution in [3.8, 4) is 0 Å². The molecule has 0 spiro atoms. The number of hydrogen-bond donors (Lipinski definition) is 2. The molecular formula is C13H20N2O2S. The average Bonchev–Trinajstić information content (AvgIpc) is 2.63. The monoisotopic (exact) mass is 268 g/mol. The van der Waals surface area contributed by atoms with Crippen molar-refractivity contribution < 1.29 is 9.53 Å². The van der Waals surface area contributed by atoms with Gasteiger partial charge >= 0.3 is 0 Å². The summed E-state index contributed by atoms with van der Waals surface area (Å²) >= 11 is 1.48. The van der Waals surface area contributed by atoms with Crippen LogP contribution in [-0.4, -0.2) is 18.6 Å². The Balaban J connectivity index is 2.34. The zero-order valence-corrected chi connectivity index (χ0v) is 11.9. The number of hydrogen-bond acceptors (Lipinski definition) is 4. The number of ether oxygens (including phenoxy) is 1. The molecule has 1 aliphatic heterocycles. The molecule has 5 heteroatoms. The van der Waals surface area contributed by atoms with E-state index in [0.29, 0.717) is 17.1 Å². The normalized spacial score (nSPS) is 22.6. The topological polar surface area (TPSA) is 64.4 Å². The van der Waals surface area contributed by atoms with Gasteiger partial charge in [0.1, 0.15) is 0 Å². The zero-order valence-electron chi connectivity index (χ0n) is 11.1. The molecule has 0 saturated carbocycles. The summed E-state index contributed by atoms with van der Waals surface area (Å²) < 4.78 is 5.76. The zero-order chi connectivity index (χ0) is 13.3. The summed E-state index contributed by atoms with van der Waals surface area (Å²) in [5.74, 6) is -0.0480. The third-order valence-electron chi connectivity index (χ3n) is 3.13. The first-order chi connectivity index (χ1) is 8.54. The summed E-state index contributed by atoms with van der Waals surface area (Å²) in [5.41, 5.74) is 7.76. The second kappa shape index (κ2) is 5.28. The highest BCUT2D eigenvalue weighted by Gasteiger charge is 2.30. The molecule has 2 atom stereocenters. The van der Waals surface area contributed by atoms with E-state index in [1.165, 1.54) is 11.3 Å². The van der Waals surface area contributed by atoms with Crippen LogP contribution in [0.4, 0.5) is 5.00 Å². The second-order valence-corrected chi connectivity index (χ2v) is 5.82. The van der Waals surface area contributed by atoms with Gasteiger partial charge in [0.2, 0.25) is 0 Å². The van der Waals surface area contributed by atoms with Crippen LogP contribution in [0.15, 0.2) is 0 Å². The maximum Gasteiger partial charge on any atom is 0.254 e. The SMILES string of the molecule is CCCNC(=O)c1c(N)sc2c1CC(C)OC2C. The Morgan fingerprint density at radius 3 is 2.94 bits per heavy atom. The summed E-state index contributed by atoms with van der Waals surface area (Å²) in [6.45, 7) is 6.76. The molecule has 0 aromatic carbocycles. The number of nitrogen functional groups attached to an aromatic ring is 1. The molecule has 1 aliphatic rings. The minimum absolute atomic E-state index is 0.0313. The molecule has 2 heterocycles. The van der Waals surface area contributed by atoms with E-state index in [-0.39, 0.29) is 18.1 Å². The Morgan fingerprint density at radius 2 is 2.28 bits per heavy atom. The number of anilines is 1. The molecule has 0 radical (unpaired) electrons. The van der Waals surface area contributed by atoms with Gasteiger partial charge in [0.15, 0.2) is 0 Å². The van der Waals surface area contributed by atoms with Crippen LogP contribution in [0.2, 0.25) is 0 Å². The summed E-state index contributed by atoms with van der Waals surface area (Å²) in [7, 11) is 0. The molecule has 3 N–H and O–H groups in total. The molecule has 0 fully saturated rings. The lowest BCUT2D eigenvalue weighted by Gasteiger charge is -2.25. The van der Waals surface area contributed by atoms with Gasteiger partial charge < -0.3 is 15.8 Å². The van der Waals surface area contributed by atoms with Gasteiger partial charge in [-0.2, -0.15) is 0 Å². The van der Waals surface area contributed by atoms with E-state index in [0.717, 1.165) is 23.3 Å². The number of nitrogens with two attached hydrogens (primary N) is 1. The van der Waals surface area contributed by atoms with Crippen molar-refractivity contribution in [2.75, 3.05) is 12.3 Å².